The van der Waals surface area contributed by atoms with Gasteiger partial charge >= 0.3 is 0 Å². The minimum atomic E-state index is 0.665. The predicted molar refractivity (Wildman–Crippen MR) is 88.7 cm³/mol. The second kappa shape index (κ2) is 7.71. The van der Waals surface area contributed by atoms with Crippen molar-refractivity contribution in [2.24, 2.45) is 0 Å². The molecule has 0 bridgehead atoms. The van der Waals surface area contributed by atoms with Crippen LogP contribution in [0.3, 0.4) is 0 Å². The first-order chi connectivity index (χ1) is 10.8. The van der Waals surface area contributed by atoms with E-state index in [1.165, 1.54) is 0 Å². The average Bonchev–Trinajstić information content (AvgIpc) is 2.59. The van der Waals surface area contributed by atoms with Crippen molar-refractivity contribution in [2.75, 3.05) is 29.9 Å². The van der Waals surface area contributed by atoms with Gasteiger partial charge in [0.1, 0.15) is 0 Å². The fourth-order valence-corrected chi connectivity index (χ4v) is 2.21. The van der Waals surface area contributed by atoms with E-state index < -0.39 is 0 Å². The lowest BCUT2D eigenvalue weighted by Gasteiger charge is -2.23. The van der Waals surface area contributed by atoms with Crippen LogP contribution in [-0.2, 0) is 0 Å². The highest BCUT2D eigenvalue weighted by Crippen LogP contribution is 2.15. The molecule has 0 heterocycles. The fraction of sp³-hybridized carbons (Fsp3) is 0.222. The van der Waals surface area contributed by atoms with Crippen molar-refractivity contribution >= 4 is 11.4 Å². The Morgan fingerprint density at radius 3 is 1.95 bits per heavy atom. The molecule has 2 aromatic carbocycles. The van der Waals surface area contributed by atoms with E-state index in [-0.39, 0.29) is 0 Å². The van der Waals surface area contributed by atoms with Crippen LogP contribution in [0.2, 0.25) is 0 Å². The number of nitrogens with one attached hydrogen (secondary N) is 1. The third-order valence-electron chi connectivity index (χ3n) is 3.47. The van der Waals surface area contributed by atoms with E-state index in [0.717, 1.165) is 31.0 Å². The van der Waals surface area contributed by atoms with E-state index in [2.05, 4.69) is 29.3 Å². The van der Waals surface area contributed by atoms with E-state index in [1.54, 1.807) is 12.1 Å². The van der Waals surface area contributed by atoms with Crippen LogP contribution in [0.25, 0.3) is 0 Å². The highest BCUT2D eigenvalue weighted by molar-refractivity contribution is 5.51. The Balaban J connectivity index is 1.90. The predicted octanol–water partition coefficient (Wildman–Crippen LogP) is 3.37. The fourth-order valence-electron chi connectivity index (χ4n) is 2.21. The molecule has 0 saturated heterocycles. The van der Waals surface area contributed by atoms with Gasteiger partial charge in [0.2, 0.25) is 0 Å². The van der Waals surface area contributed by atoms with Gasteiger partial charge in [0, 0.05) is 31.0 Å². The van der Waals surface area contributed by atoms with Gasteiger partial charge in [-0.3, -0.25) is 0 Å². The maximum atomic E-state index is 8.84. The molecule has 0 aliphatic rings. The number of benzene rings is 2. The van der Waals surface area contributed by atoms with E-state index in [1.807, 2.05) is 36.4 Å². The third-order valence-corrected chi connectivity index (χ3v) is 3.47. The molecule has 110 valence electrons. The lowest BCUT2D eigenvalue weighted by molar-refractivity contribution is 0.835. The van der Waals surface area contributed by atoms with Gasteiger partial charge in [-0.25, -0.2) is 0 Å². The molecule has 0 aliphatic carbocycles. The Kier molecular flexibility index (Phi) is 5.40. The molecular weight excluding hydrogens is 272 g/mol. The van der Waals surface area contributed by atoms with Crippen molar-refractivity contribution in [1.82, 2.24) is 0 Å². The molecule has 4 heteroatoms. The number of anilines is 2. The molecule has 0 amide bonds. The summed E-state index contributed by atoms with van der Waals surface area (Å²) in [6.45, 7) is 4.68. The average molecular weight is 290 g/mol. The zero-order chi connectivity index (χ0) is 15.8. The summed E-state index contributed by atoms with van der Waals surface area (Å²) in [5.74, 6) is 0. The van der Waals surface area contributed by atoms with Gasteiger partial charge in [0.25, 0.3) is 0 Å². The lowest BCUT2D eigenvalue weighted by Crippen LogP contribution is -2.28. The first kappa shape index (κ1) is 15.4. The molecular formula is C18H18N4. The van der Waals surface area contributed by atoms with Crippen LogP contribution in [0.1, 0.15) is 18.1 Å². The topological polar surface area (TPSA) is 62.9 Å². The molecule has 0 atom stereocenters. The summed E-state index contributed by atoms with van der Waals surface area (Å²) in [7, 11) is 0. The quantitative estimate of drug-likeness (QED) is 0.886. The van der Waals surface area contributed by atoms with Crippen LogP contribution in [0.5, 0.6) is 0 Å². The lowest BCUT2D eigenvalue weighted by atomic mass is 10.2. The van der Waals surface area contributed by atoms with Crippen LogP contribution in [0.4, 0.5) is 11.4 Å². The highest BCUT2D eigenvalue weighted by Gasteiger charge is 2.04. The van der Waals surface area contributed by atoms with Gasteiger partial charge in [-0.05, 0) is 55.5 Å². The summed E-state index contributed by atoms with van der Waals surface area (Å²) >= 11 is 0. The second-order valence-electron chi connectivity index (χ2n) is 4.85. The maximum Gasteiger partial charge on any atom is 0.0991 e. The smallest absolute Gasteiger partial charge is 0.0991 e. The molecule has 0 radical (unpaired) electrons. The van der Waals surface area contributed by atoms with Gasteiger partial charge in [0.05, 0.1) is 23.3 Å². The Bertz CT molecular complexity index is 675. The van der Waals surface area contributed by atoms with Crippen molar-refractivity contribution < 1.29 is 0 Å². The van der Waals surface area contributed by atoms with Gasteiger partial charge in [-0.2, -0.15) is 10.5 Å². The number of nitrogens with zero attached hydrogens (tertiary/aromatic N) is 3. The van der Waals surface area contributed by atoms with Gasteiger partial charge in [0.15, 0.2) is 0 Å². The first-order valence-electron chi connectivity index (χ1n) is 7.26. The molecule has 0 saturated carbocycles. The molecule has 0 aromatic heterocycles. The van der Waals surface area contributed by atoms with E-state index in [9.17, 15) is 0 Å². The maximum absolute atomic E-state index is 8.84. The molecule has 1 N–H and O–H groups in total. The summed E-state index contributed by atoms with van der Waals surface area (Å²) in [4.78, 5) is 2.25. The van der Waals surface area contributed by atoms with Crippen molar-refractivity contribution in [3.05, 3.63) is 59.7 Å². The Labute approximate surface area is 131 Å². The Morgan fingerprint density at radius 2 is 1.45 bits per heavy atom. The molecule has 0 spiro atoms. The Hall–Kier alpha value is -2.98. The van der Waals surface area contributed by atoms with Gasteiger partial charge in [-0.1, -0.05) is 0 Å². The van der Waals surface area contributed by atoms with Crippen LogP contribution in [-0.4, -0.2) is 19.6 Å². The summed E-state index contributed by atoms with van der Waals surface area (Å²) in [6, 6.07) is 19.3. The zero-order valence-corrected chi connectivity index (χ0v) is 12.6. The van der Waals surface area contributed by atoms with Crippen LogP contribution < -0.4 is 10.2 Å². The molecule has 0 aliphatic heterocycles. The van der Waals surface area contributed by atoms with Gasteiger partial charge < -0.3 is 10.2 Å². The monoisotopic (exact) mass is 290 g/mol. The number of hydrogen-bond acceptors (Lipinski definition) is 4. The number of nitriles is 2. The molecule has 4 nitrogen and oxygen atoms in total. The zero-order valence-electron chi connectivity index (χ0n) is 12.6. The Morgan fingerprint density at radius 1 is 0.909 bits per heavy atom. The van der Waals surface area contributed by atoms with Gasteiger partial charge in [-0.15, -0.1) is 0 Å². The van der Waals surface area contributed by atoms with Crippen molar-refractivity contribution in [3.63, 3.8) is 0 Å². The first-order valence-corrected chi connectivity index (χ1v) is 7.26. The van der Waals surface area contributed by atoms with E-state index in [0.29, 0.717) is 11.1 Å². The minimum Gasteiger partial charge on any atom is -0.383 e. The summed E-state index contributed by atoms with van der Waals surface area (Å²) in [5, 5.41) is 21.0. The van der Waals surface area contributed by atoms with Crippen molar-refractivity contribution in [2.45, 2.75) is 6.92 Å². The third kappa shape index (κ3) is 4.01. The summed E-state index contributed by atoms with van der Waals surface area (Å²) < 4.78 is 0. The molecule has 0 unspecified atom stereocenters. The van der Waals surface area contributed by atoms with Crippen LogP contribution in [0, 0.1) is 22.7 Å². The molecule has 22 heavy (non-hydrogen) atoms. The summed E-state index contributed by atoms with van der Waals surface area (Å²) in [6.07, 6.45) is 0. The summed E-state index contributed by atoms with van der Waals surface area (Å²) in [5.41, 5.74) is 3.46. The van der Waals surface area contributed by atoms with Crippen LogP contribution in [0.15, 0.2) is 48.5 Å². The second-order valence-corrected chi connectivity index (χ2v) is 4.85. The van der Waals surface area contributed by atoms with Crippen molar-refractivity contribution in [1.29, 1.82) is 10.5 Å². The number of hydrogen-bond donors (Lipinski definition) is 1. The minimum absolute atomic E-state index is 0.665. The largest absolute Gasteiger partial charge is 0.383 e. The standard InChI is InChI=1S/C18H18N4/c1-2-22(18-9-5-16(14-20)6-10-18)12-11-21-17-7-3-15(13-19)4-8-17/h3-10,21H,2,11-12H2,1H3. The number of likely N-dealkylation sites (N-methyl/N-ethyl adjacent to an activating group) is 1. The SMILES string of the molecule is CCN(CCNc1ccc(C#N)cc1)c1ccc(C#N)cc1. The molecule has 2 aromatic rings. The number of rotatable bonds is 6. The normalized spacial score (nSPS) is 9.59. The van der Waals surface area contributed by atoms with E-state index in [4.69, 9.17) is 10.5 Å². The molecule has 0 fully saturated rings. The highest BCUT2D eigenvalue weighted by atomic mass is 15.1. The van der Waals surface area contributed by atoms with E-state index >= 15 is 0 Å². The van der Waals surface area contributed by atoms with Crippen LogP contribution >= 0.6 is 0 Å². The molecule has 2 rings (SSSR count). The van der Waals surface area contributed by atoms with Crippen molar-refractivity contribution in [3.8, 4) is 12.1 Å².